The Morgan fingerprint density at radius 1 is 1.48 bits per heavy atom. The molecule has 0 bridgehead atoms. The minimum atomic E-state index is -0.566. The number of benzene rings is 1. The molecule has 0 aliphatic rings. The maximum Gasteiger partial charge on any atom is 0.271 e. The van der Waals surface area contributed by atoms with E-state index in [1.807, 2.05) is 0 Å². The Hall–Kier alpha value is -2.48. The lowest BCUT2D eigenvalue weighted by Gasteiger charge is -1.99. The second-order valence-corrected chi connectivity index (χ2v) is 4.91. The van der Waals surface area contributed by atoms with Crippen LogP contribution >= 0.6 is 15.9 Å². The zero-order chi connectivity index (χ0) is 15.4. The molecule has 1 heterocycles. The average Bonchev–Trinajstić information content (AvgIpc) is 2.77. The predicted octanol–water partition coefficient (Wildman–Crippen LogP) is 3.02. The Kier molecular flexibility index (Phi) is 4.49. The monoisotopic (exact) mass is 351 g/mol. The number of hydrogen-bond donors (Lipinski definition) is 1. The van der Waals surface area contributed by atoms with E-state index in [0.717, 1.165) is 4.47 Å². The van der Waals surface area contributed by atoms with E-state index >= 15 is 0 Å². The van der Waals surface area contributed by atoms with Crippen molar-refractivity contribution in [2.45, 2.75) is 6.92 Å². The van der Waals surface area contributed by atoms with Gasteiger partial charge in [-0.2, -0.15) is 5.10 Å². The summed E-state index contributed by atoms with van der Waals surface area (Å²) in [5, 5.41) is 14.4. The van der Waals surface area contributed by atoms with E-state index in [-0.39, 0.29) is 11.3 Å². The number of hydrogen-bond acceptors (Lipinski definition) is 5. The first kappa shape index (κ1) is 14.9. The van der Waals surface area contributed by atoms with E-state index in [9.17, 15) is 14.9 Å². The van der Waals surface area contributed by atoms with Crippen molar-refractivity contribution in [1.29, 1.82) is 0 Å². The van der Waals surface area contributed by atoms with Crippen molar-refractivity contribution in [3.63, 3.8) is 0 Å². The van der Waals surface area contributed by atoms with Crippen LogP contribution in [-0.4, -0.2) is 17.0 Å². The molecule has 0 fully saturated rings. The molecular formula is C13H10BrN3O4. The van der Waals surface area contributed by atoms with E-state index in [1.54, 1.807) is 13.0 Å². The van der Waals surface area contributed by atoms with E-state index in [2.05, 4.69) is 26.5 Å². The third-order valence-corrected chi connectivity index (χ3v) is 3.34. The predicted molar refractivity (Wildman–Crippen MR) is 79.3 cm³/mol. The van der Waals surface area contributed by atoms with Gasteiger partial charge in [-0.05, 0) is 28.9 Å². The fourth-order valence-corrected chi connectivity index (χ4v) is 1.83. The van der Waals surface area contributed by atoms with Gasteiger partial charge in [0.2, 0.25) is 0 Å². The fourth-order valence-electron chi connectivity index (χ4n) is 1.52. The van der Waals surface area contributed by atoms with Crippen LogP contribution < -0.4 is 5.43 Å². The van der Waals surface area contributed by atoms with Crippen LogP contribution in [0.1, 0.15) is 21.9 Å². The van der Waals surface area contributed by atoms with Gasteiger partial charge in [-0.1, -0.05) is 6.07 Å². The molecule has 0 unspecified atom stereocenters. The van der Waals surface area contributed by atoms with E-state index < -0.39 is 10.8 Å². The second-order valence-electron chi connectivity index (χ2n) is 4.06. The normalized spacial score (nSPS) is 10.8. The zero-order valence-corrected chi connectivity index (χ0v) is 12.5. The van der Waals surface area contributed by atoms with Crippen molar-refractivity contribution >= 4 is 33.7 Å². The van der Waals surface area contributed by atoms with Gasteiger partial charge in [0.25, 0.3) is 11.6 Å². The highest BCUT2D eigenvalue weighted by Crippen LogP contribution is 2.19. The first-order valence-electron chi connectivity index (χ1n) is 5.81. The van der Waals surface area contributed by atoms with Crippen LogP contribution in [0.25, 0.3) is 0 Å². The Bertz CT molecular complexity index is 704. The maximum atomic E-state index is 11.8. The molecule has 0 aliphatic heterocycles. The van der Waals surface area contributed by atoms with Crippen LogP contribution in [-0.2, 0) is 0 Å². The van der Waals surface area contributed by atoms with Crippen molar-refractivity contribution in [3.8, 4) is 0 Å². The molecule has 7 nitrogen and oxygen atoms in total. The molecule has 2 rings (SSSR count). The second kappa shape index (κ2) is 6.31. The van der Waals surface area contributed by atoms with Crippen LogP contribution in [0.15, 0.2) is 44.3 Å². The highest BCUT2D eigenvalue weighted by molar-refractivity contribution is 9.10. The standard InChI is InChI=1S/C13H10BrN3O4/c1-8-12(14)6-11(21-8)7-15-16-13(18)9-3-2-4-10(5-9)17(19)20/h2-7H,1H3,(H,16,18)/b15-7+. The number of nitro groups is 1. The molecule has 0 aliphatic carbocycles. The van der Waals surface area contributed by atoms with Crippen molar-refractivity contribution in [3.05, 3.63) is 62.0 Å². The van der Waals surface area contributed by atoms with E-state index in [0.29, 0.717) is 11.5 Å². The first-order valence-corrected chi connectivity index (χ1v) is 6.60. The van der Waals surface area contributed by atoms with Crippen LogP contribution in [0.4, 0.5) is 5.69 Å². The molecular weight excluding hydrogens is 342 g/mol. The molecule has 1 amide bonds. The summed E-state index contributed by atoms with van der Waals surface area (Å²) in [6.07, 6.45) is 1.34. The summed E-state index contributed by atoms with van der Waals surface area (Å²) in [5.74, 6) is 0.623. The third-order valence-electron chi connectivity index (χ3n) is 2.55. The van der Waals surface area contributed by atoms with Crippen LogP contribution in [0.3, 0.4) is 0 Å². The molecule has 21 heavy (non-hydrogen) atoms. The number of carbonyl (C=O) groups is 1. The number of furan rings is 1. The van der Waals surface area contributed by atoms with Gasteiger partial charge < -0.3 is 4.42 Å². The Balaban J connectivity index is 2.04. The van der Waals surface area contributed by atoms with Gasteiger partial charge in [0.05, 0.1) is 15.6 Å². The van der Waals surface area contributed by atoms with Gasteiger partial charge in [-0.25, -0.2) is 5.43 Å². The highest BCUT2D eigenvalue weighted by atomic mass is 79.9. The lowest BCUT2D eigenvalue weighted by atomic mass is 10.2. The highest BCUT2D eigenvalue weighted by Gasteiger charge is 2.10. The Labute approximate surface area is 127 Å². The number of nitro benzene ring substituents is 1. The van der Waals surface area contributed by atoms with Crippen LogP contribution in [0.2, 0.25) is 0 Å². The summed E-state index contributed by atoms with van der Waals surface area (Å²) in [6.45, 7) is 1.78. The minimum absolute atomic E-state index is 0.151. The fraction of sp³-hybridized carbons (Fsp3) is 0.0769. The summed E-state index contributed by atoms with van der Waals surface area (Å²) >= 11 is 3.29. The number of non-ortho nitro benzene ring substituents is 1. The lowest BCUT2D eigenvalue weighted by Crippen LogP contribution is -2.17. The Morgan fingerprint density at radius 3 is 2.86 bits per heavy atom. The Morgan fingerprint density at radius 2 is 2.24 bits per heavy atom. The summed E-state index contributed by atoms with van der Waals surface area (Å²) in [4.78, 5) is 21.9. The van der Waals surface area contributed by atoms with E-state index in [1.165, 1.54) is 30.5 Å². The molecule has 108 valence electrons. The molecule has 2 aromatic rings. The molecule has 0 spiro atoms. The smallest absolute Gasteiger partial charge is 0.271 e. The summed E-state index contributed by atoms with van der Waals surface area (Å²) in [7, 11) is 0. The number of hydrazone groups is 1. The van der Waals surface area contributed by atoms with Crippen molar-refractivity contribution < 1.29 is 14.1 Å². The first-order chi connectivity index (χ1) is 9.97. The molecule has 8 heteroatoms. The largest absolute Gasteiger partial charge is 0.459 e. The topological polar surface area (TPSA) is 97.7 Å². The number of nitrogens with zero attached hydrogens (tertiary/aromatic N) is 2. The minimum Gasteiger partial charge on any atom is -0.459 e. The molecule has 0 saturated carbocycles. The van der Waals surface area contributed by atoms with Gasteiger partial charge in [0, 0.05) is 23.8 Å². The van der Waals surface area contributed by atoms with Gasteiger partial charge in [-0.15, -0.1) is 0 Å². The van der Waals surface area contributed by atoms with Crippen molar-refractivity contribution in [2.75, 3.05) is 0 Å². The van der Waals surface area contributed by atoms with Gasteiger partial charge >= 0.3 is 0 Å². The van der Waals surface area contributed by atoms with Gasteiger partial charge in [0.15, 0.2) is 0 Å². The van der Waals surface area contributed by atoms with Crippen molar-refractivity contribution in [1.82, 2.24) is 5.43 Å². The number of halogens is 1. The number of nitrogens with one attached hydrogen (secondary N) is 1. The average molecular weight is 352 g/mol. The SMILES string of the molecule is Cc1oc(/C=N/NC(=O)c2cccc([N+](=O)[O-])c2)cc1Br. The quantitative estimate of drug-likeness (QED) is 0.519. The summed E-state index contributed by atoms with van der Waals surface area (Å²) in [6, 6.07) is 7.09. The number of amides is 1. The summed E-state index contributed by atoms with van der Waals surface area (Å²) in [5.41, 5.74) is 2.27. The molecule has 1 N–H and O–H groups in total. The number of aryl methyl sites for hydroxylation is 1. The molecule has 0 saturated heterocycles. The van der Waals surface area contributed by atoms with Crippen LogP contribution in [0.5, 0.6) is 0 Å². The lowest BCUT2D eigenvalue weighted by molar-refractivity contribution is -0.384. The number of carbonyl (C=O) groups excluding carboxylic acids is 1. The maximum absolute atomic E-state index is 11.8. The molecule has 1 aromatic carbocycles. The van der Waals surface area contributed by atoms with Crippen molar-refractivity contribution in [2.24, 2.45) is 5.10 Å². The third kappa shape index (κ3) is 3.76. The molecule has 1 aromatic heterocycles. The van der Waals surface area contributed by atoms with Gasteiger partial charge in [0.1, 0.15) is 11.5 Å². The molecule has 0 atom stereocenters. The number of rotatable bonds is 4. The van der Waals surface area contributed by atoms with Crippen LogP contribution in [0, 0.1) is 17.0 Å². The zero-order valence-electron chi connectivity index (χ0n) is 10.9. The summed E-state index contributed by atoms with van der Waals surface area (Å²) < 4.78 is 6.12. The molecule has 0 radical (unpaired) electrons. The van der Waals surface area contributed by atoms with Gasteiger partial charge in [-0.3, -0.25) is 14.9 Å². The van der Waals surface area contributed by atoms with E-state index in [4.69, 9.17) is 4.42 Å².